The molecule has 3 aromatic rings. The molecule has 0 spiro atoms. The summed E-state index contributed by atoms with van der Waals surface area (Å²) in [6.07, 6.45) is -4.39. The highest BCUT2D eigenvalue weighted by atomic mass is 35.5. The van der Waals surface area contributed by atoms with Gasteiger partial charge < -0.3 is 10.4 Å². The quantitative estimate of drug-likeness (QED) is 0.554. The minimum atomic E-state index is -4.44. The van der Waals surface area contributed by atoms with Crippen molar-refractivity contribution in [2.24, 2.45) is 0 Å². The molecule has 3 rings (SSSR count). The van der Waals surface area contributed by atoms with Crippen molar-refractivity contribution in [1.82, 2.24) is 10.3 Å². The van der Waals surface area contributed by atoms with Crippen LogP contribution in [0.5, 0.6) is 0 Å². The Morgan fingerprint density at radius 3 is 2.30 bits per heavy atom. The molecule has 1 amide bonds. The Balaban J connectivity index is 1.71. The number of nitrogens with zero attached hydrogens (tertiary/aromatic N) is 1. The lowest BCUT2D eigenvalue weighted by Crippen LogP contribution is -2.42. The molecule has 0 saturated heterocycles. The highest BCUT2D eigenvalue weighted by Crippen LogP contribution is 2.31. The minimum absolute atomic E-state index is 0.0164. The Kier molecular flexibility index (Phi) is 6.42. The molecular formula is C20H14ClF3N2O3S. The summed E-state index contributed by atoms with van der Waals surface area (Å²) in [5.74, 6) is -1.90. The molecule has 1 atom stereocenters. The summed E-state index contributed by atoms with van der Waals surface area (Å²) >= 11 is 6.88. The number of carboxylic acid groups (broad SMARTS) is 1. The molecule has 2 N–H and O–H groups in total. The van der Waals surface area contributed by atoms with Gasteiger partial charge in [-0.15, -0.1) is 11.3 Å². The zero-order valence-electron chi connectivity index (χ0n) is 15.1. The fourth-order valence-corrected chi connectivity index (χ4v) is 3.53. The number of benzene rings is 2. The SMILES string of the molecule is O=C(NC(Cc1ccc(Cl)cc1)C(=O)O)c1csc(-c2ccc(C(F)(F)F)cc2)n1. The van der Waals surface area contributed by atoms with E-state index in [4.69, 9.17) is 11.6 Å². The van der Waals surface area contributed by atoms with Crippen molar-refractivity contribution in [3.63, 3.8) is 0 Å². The maximum atomic E-state index is 12.7. The summed E-state index contributed by atoms with van der Waals surface area (Å²) in [6, 6.07) is 9.78. The molecule has 0 aliphatic rings. The van der Waals surface area contributed by atoms with Gasteiger partial charge in [-0.25, -0.2) is 9.78 Å². The van der Waals surface area contributed by atoms with Crippen molar-refractivity contribution < 1.29 is 27.9 Å². The van der Waals surface area contributed by atoms with E-state index < -0.39 is 29.7 Å². The van der Waals surface area contributed by atoms with Gasteiger partial charge >= 0.3 is 12.1 Å². The van der Waals surface area contributed by atoms with Crippen LogP contribution in [0.2, 0.25) is 5.02 Å². The second-order valence-corrected chi connectivity index (χ2v) is 7.60. The normalized spacial score (nSPS) is 12.4. The van der Waals surface area contributed by atoms with E-state index in [9.17, 15) is 27.9 Å². The number of thiazole rings is 1. The number of alkyl halides is 3. The van der Waals surface area contributed by atoms with Crippen LogP contribution in [0.15, 0.2) is 53.9 Å². The molecule has 5 nitrogen and oxygen atoms in total. The van der Waals surface area contributed by atoms with Gasteiger partial charge in [0.15, 0.2) is 0 Å². The monoisotopic (exact) mass is 454 g/mol. The molecular weight excluding hydrogens is 441 g/mol. The molecule has 0 fully saturated rings. The largest absolute Gasteiger partial charge is 0.480 e. The summed E-state index contributed by atoms with van der Waals surface area (Å²) < 4.78 is 38.0. The lowest BCUT2D eigenvalue weighted by molar-refractivity contribution is -0.139. The Bertz CT molecular complexity index is 1050. The topological polar surface area (TPSA) is 79.3 Å². The first-order valence-electron chi connectivity index (χ1n) is 8.55. The Morgan fingerprint density at radius 1 is 1.10 bits per heavy atom. The van der Waals surface area contributed by atoms with E-state index in [0.29, 0.717) is 21.2 Å². The van der Waals surface area contributed by atoms with Gasteiger partial charge in [-0.1, -0.05) is 35.9 Å². The zero-order chi connectivity index (χ0) is 21.9. The van der Waals surface area contributed by atoms with Gasteiger partial charge in [-0.05, 0) is 29.8 Å². The molecule has 1 heterocycles. The van der Waals surface area contributed by atoms with Crippen LogP contribution >= 0.6 is 22.9 Å². The van der Waals surface area contributed by atoms with Crippen LogP contribution in [0.3, 0.4) is 0 Å². The van der Waals surface area contributed by atoms with E-state index in [-0.39, 0.29) is 12.1 Å². The predicted molar refractivity (Wildman–Crippen MR) is 107 cm³/mol. The van der Waals surface area contributed by atoms with Crippen molar-refractivity contribution in [3.8, 4) is 10.6 Å². The number of hydrogen-bond donors (Lipinski definition) is 2. The van der Waals surface area contributed by atoms with Crippen LogP contribution in [0.25, 0.3) is 10.6 Å². The van der Waals surface area contributed by atoms with Crippen molar-refractivity contribution in [2.75, 3.05) is 0 Å². The predicted octanol–water partition coefficient (Wildman–Crippen LogP) is 4.91. The molecule has 0 bridgehead atoms. The number of aliphatic carboxylic acids is 1. The van der Waals surface area contributed by atoms with Gasteiger partial charge in [0.05, 0.1) is 5.56 Å². The zero-order valence-corrected chi connectivity index (χ0v) is 16.7. The number of rotatable bonds is 6. The van der Waals surface area contributed by atoms with Gasteiger partial charge in [0.2, 0.25) is 0 Å². The highest BCUT2D eigenvalue weighted by Gasteiger charge is 2.30. The molecule has 0 aliphatic heterocycles. The van der Waals surface area contributed by atoms with Gasteiger partial charge in [-0.2, -0.15) is 13.2 Å². The van der Waals surface area contributed by atoms with E-state index in [1.54, 1.807) is 24.3 Å². The summed E-state index contributed by atoms with van der Waals surface area (Å²) in [4.78, 5) is 28.1. The summed E-state index contributed by atoms with van der Waals surface area (Å²) in [7, 11) is 0. The third-order valence-corrected chi connectivity index (χ3v) is 5.30. The Morgan fingerprint density at radius 2 is 1.73 bits per heavy atom. The maximum absolute atomic E-state index is 12.7. The third-order valence-electron chi connectivity index (χ3n) is 4.15. The van der Waals surface area contributed by atoms with E-state index in [0.717, 1.165) is 23.5 Å². The summed E-state index contributed by atoms with van der Waals surface area (Å²) in [5.41, 5.74) is 0.295. The molecule has 30 heavy (non-hydrogen) atoms. The molecule has 1 aromatic heterocycles. The first-order valence-corrected chi connectivity index (χ1v) is 9.80. The second-order valence-electron chi connectivity index (χ2n) is 6.31. The average Bonchev–Trinajstić information content (AvgIpc) is 3.19. The van der Waals surface area contributed by atoms with Crippen molar-refractivity contribution in [3.05, 3.63) is 75.8 Å². The number of carbonyl (C=O) groups is 2. The lowest BCUT2D eigenvalue weighted by Gasteiger charge is -2.14. The molecule has 0 aliphatic carbocycles. The number of halogens is 4. The molecule has 156 valence electrons. The third kappa shape index (κ3) is 5.37. The lowest BCUT2D eigenvalue weighted by atomic mass is 10.1. The van der Waals surface area contributed by atoms with Crippen LogP contribution in [0.4, 0.5) is 13.2 Å². The van der Waals surface area contributed by atoms with Crippen LogP contribution < -0.4 is 5.32 Å². The number of aromatic nitrogens is 1. The summed E-state index contributed by atoms with van der Waals surface area (Å²) in [5, 5.41) is 14.1. The van der Waals surface area contributed by atoms with Crippen LogP contribution in [-0.2, 0) is 17.4 Å². The van der Waals surface area contributed by atoms with Crippen molar-refractivity contribution >= 4 is 34.8 Å². The van der Waals surface area contributed by atoms with Gasteiger partial charge in [-0.3, -0.25) is 4.79 Å². The molecule has 1 unspecified atom stereocenters. The van der Waals surface area contributed by atoms with Crippen LogP contribution in [0, 0.1) is 0 Å². The van der Waals surface area contributed by atoms with Gasteiger partial charge in [0, 0.05) is 22.4 Å². The number of carbonyl (C=O) groups excluding carboxylic acids is 1. The number of hydrogen-bond acceptors (Lipinski definition) is 4. The van der Waals surface area contributed by atoms with E-state index >= 15 is 0 Å². The molecule has 2 aromatic carbocycles. The van der Waals surface area contributed by atoms with E-state index in [2.05, 4.69) is 10.3 Å². The summed E-state index contributed by atoms with van der Waals surface area (Å²) in [6.45, 7) is 0. The number of carboxylic acids is 1. The maximum Gasteiger partial charge on any atom is 0.416 e. The standard InChI is InChI=1S/C20H14ClF3N2O3S/c21-14-7-1-11(2-8-14)9-15(19(28)29)25-17(27)16-10-30-18(26-16)12-3-5-13(6-4-12)20(22,23)24/h1-8,10,15H,9H2,(H,25,27)(H,28,29). The van der Waals surface area contributed by atoms with Crippen molar-refractivity contribution in [1.29, 1.82) is 0 Å². The Labute approximate surface area is 178 Å². The fraction of sp³-hybridized carbons (Fsp3) is 0.150. The molecule has 0 saturated carbocycles. The fourth-order valence-electron chi connectivity index (χ4n) is 2.60. The van der Waals surface area contributed by atoms with Crippen molar-refractivity contribution in [2.45, 2.75) is 18.6 Å². The first-order chi connectivity index (χ1) is 14.1. The average molecular weight is 455 g/mol. The molecule has 0 radical (unpaired) electrons. The smallest absolute Gasteiger partial charge is 0.416 e. The van der Waals surface area contributed by atoms with Crippen LogP contribution in [-0.4, -0.2) is 28.0 Å². The van der Waals surface area contributed by atoms with Gasteiger partial charge in [0.25, 0.3) is 5.91 Å². The minimum Gasteiger partial charge on any atom is -0.480 e. The first kappa shape index (κ1) is 21.8. The van der Waals surface area contributed by atoms with Gasteiger partial charge in [0.1, 0.15) is 16.7 Å². The number of nitrogens with one attached hydrogen (secondary N) is 1. The Hall–Kier alpha value is -2.91. The molecule has 10 heteroatoms. The van der Waals surface area contributed by atoms with E-state index in [1.165, 1.54) is 17.5 Å². The highest BCUT2D eigenvalue weighted by molar-refractivity contribution is 7.13. The number of amides is 1. The second kappa shape index (κ2) is 8.85. The van der Waals surface area contributed by atoms with E-state index in [1.807, 2.05) is 0 Å². The van der Waals surface area contributed by atoms with Crippen LogP contribution in [0.1, 0.15) is 21.6 Å².